The summed E-state index contributed by atoms with van der Waals surface area (Å²) in [5, 5.41) is 7.93. The molecule has 0 bridgehead atoms. The van der Waals surface area contributed by atoms with Crippen LogP contribution < -0.4 is 16.0 Å². The van der Waals surface area contributed by atoms with Crippen LogP contribution in [0.25, 0.3) is 0 Å². The second kappa shape index (κ2) is 7.93. The maximum Gasteiger partial charge on any atom is 0.321 e. The van der Waals surface area contributed by atoms with Crippen LogP contribution >= 0.6 is 0 Å². The molecule has 0 aliphatic carbocycles. The average molecular weight is 388 g/mol. The summed E-state index contributed by atoms with van der Waals surface area (Å²) in [7, 11) is 0. The Hall–Kier alpha value is -4.00. The largest absolute Gasteiger partial charge is 0.322 e. The minimum absolute atomic E-state index is 0.397. The molecule has 1 atom stereocenters. The number of urea groups is 1. The minimum Gasteiger partial charge on any atom is -0.322 e. The lowest BCUT2D eigenvalue weighted by molar-refractivity contribution is -0.117. The minimum atomic E-state index is -1.14. The van der Waals surface area contributed by atoms with Gasteiger partial charge < -0.3 is 16.0 Å². The van der Waals surface area contributed by atoms with Gasteiger partial charge in [0.25, 0.3) is 5.91 Å². The fourth-order valence-electron chi connectivity index (χ4n) is 3.01. The first kappa shape index (κ1) is 18.4. The Labute approximate surface area is 166 Å². The van der Waals surface area contributed by atoms with Crippen LogP contribution in [0.5, 0.6) is 0 Å². The average Bonchev–Trinajstić information content (AvgIpc) is 2.87. The van der Waals surface area contributed by atoms with E-state index >= 15 is 0 Å². The molecule has 1 unspecified atom stereocenters. The van der Waals surface area contributed by atoms with Crippen LogP contribution in [0, 0.1) is 5.82 Å². The standard InChI is InChI=1S/C22H17FN4O2/c23-15-10-12-16(13-11-15)24-22(29)27-20-21(28)25-18-9-5-4-8-17(18)19(26-20)14-6-2-1-3-7-14/h1-13,20H,(H,25,28)(H2,24,27,29). The molecule has 7 heteroatoms. The topological polar surface area (TPSA) is 82.6 Å². The van der Waals surface area contributed by atoms with E-state index in [0.29, 0.717) is 17.1 Å². The van der Waals surface area contributed by atoms with Crippen molar-refractivity contribution in [3.05, 3.63) is 95.8 Å². The van der Waals surface area contributed by atoms with Crippen molar-refractivity contribution < 1.29 is 14.0 Å². The Bertz CT molecular complexity index is 1080. The first-order valence-electron chi connectivity index (χ1n) is 8.97. The third-order valence-electron chi connectivity index (χ3n) is 4.36. The monoisotopic (exact) mass is 388 g/mol. The summed E-state index contributed by atoms with van der Waals surface area (Å²) in [6.45, 7) is 0. The summed E-state index contributed by atoms with van der Waals surface area (Å²) >= 11 is 0. The number of hydrogen-bond donors (Lipinski definition) is 3. The van der Waals surface area contributed by atoms with Gasteiger partial charge in [0.05, 0.1) is 11.4 Å². The van der Waals surface area contributed by atoms with E-state index in [1.807, 2.05) is 48.5 Å². The number of amides is 3. The molecule has 4 rings (SSSR count). The number of aliphatic imine (C=N–C) groups is 1. The first-order valence-corrected chi connectivity index (χ1v) is 8.97. The summed E-state index contributed by atoms with van der Waals surface area (Å²) in [4.78, 5) is 29.6. The van der Waals surface area contributed by atoms with E-state index in [0.717, 1.165) is 11.1 Å². The summed E-state index contributed by atoms with van der Waals surface area (Å²) < 4.78 is 13.0. The Balaban J connectivity index is 1.63. The fourth-order valence-corrected chi connectivity index (χ4v) is 3.01. The van der Waals surface area contributed by atoms with Gasteiger partial charge in [0, 0.05) is 16.8 Å². The SMILES string of the molecule is O=C(Nc1ccc(F)cc1)NC1N=C(c2ccccc2)c2ccccc2NC1=O. The number of benzene rings is 3. The van der Waals surface area contributed by atoms with Crippen LogP contribution in [0.2, 0.25) is 0 Å². The van der Waals surface area contributed by atoms with E-state index in [9.17, 15) is 14.0 Å². The number of rotatable bonds is 3. The highest BCUT2D eigenvalue weighted by Crippen LogP contribution is 2.23. The van der Waals surface area contributed by atoms with Crippen LogP contribution in [0.1, 0.15) is 11.1 Å². The Morgan fingerprint density at radius 3 is 2.38 bits per heavy atom. The highest BCUT2D eigenvalue weighted by Gasteiger charge is 2.26. The number of anilines is 2. The molecular weight excluding hydrogens is 371 g/mol. The number of nitrogens with zero attached hydrogens (tertiary/aromatic N) is 1. The number of carbonyl (C=O) groups is 2. The van der Waals surface area contributed by atoms with Crippen molar-refractivity contribution in [3.63, 3.8) is 0 Å². The number of carbonyl (C=O) groups excluding carboxylic acids is 2. The zero-order valence-electron chi connectivity index (χ0n) is 15.2. The first-order chi connectivity index (χ1) is 14.1. The van der Waals surface area contributed by atoms with Crippen molar-refractivity contribution in [1.82, 2.24) is 5.32 Å². The lowest BCUT2D eigenvalue weighted by Gasteiger charge is -2.14. The van der Waals surface area contributed by atoms with Crippen molar-refractivity contribution in [2.75, 3.05) is 10.6 Å². The van der Waals surface area contributed by atoms with Gasteiger partial charge in [-0.25, -0.2) is 14.2 Å². The summed E-state index contributed by atoms with van der Waals surface area (Å²) in [5.74, 6) is -0.869. The van der Waals surface area contributed by atoms with E-state index < -0.39 is 23.9 Å². The van der Waals surface area contributed by atoms with Gasteiger partial charge in [-0.05, 0) is 30.3 Å². The second-order valence-electron chi connectivity index (χ2n) is 6.39. The summed E-state index contributed by atoms with van der Waals surface area (Å²) in [6.07, 6.45) is -1.14. The molecule has 0 spiro atoms. The predicted octanol–water partition coefficient (Wildman–Crippen LogP) is 3.76. The molecule has 144 valence electrons. The predicted molar refractivity (Wildman–Crippen MR) is 109 cm³/mol. The molecule has 0 radical (unpaired) electrons. The van der Waals surface area contributed by atoms with Crippen molar-refractivity contribution in [1.29, 1.82) is 0 Å². The second-order valence-corrected chi connectivity index (χ2v) is 6.39. The van der Waals surface area contributed by atoms with Gasteiger partial charge in [0.15, 0.2) is 0 Å². The molecule has 0 saturated carbocycles. The van der Waals surface area contributed by atoms with Crippen LogP contribution in [0.15, 0.2) is 83.9 Å². The van der Waals surface area contributed by atoms with E-state index in [4.69, 9.17) is 0 Å². The Morgan fingerprint density at radius 2 is 1.62 bits per heavy atom. The van der Waals surface area contributed by atoms with Crippen molar-refractivity contribution in [3.8, 4) is 0 Å². The molecule has 29 heavy (non-hydrogen) atoms. The lowest BCUT2D eigenvalue weighted by Crippen LogP contribution is -2.44. The molecular formula is C22H17FN4O2. The Morgan fingerprint density at radius 1 is 0.931 bits per heavy atom. The molecule has 1 heterocycles. The van der Waals surface area contributed by atoms with Crippen LogP contribution in [-0.2, 0) is 4.79 Å². The highest BCUT2D eigenvalue weighted by atomic mass is 19.1. The molecule has 3 N–H and O–H groups in total. The number of fused-ring (bicyclic) bond motifs is 1. The van der Waals surface area contributed by atoms with Crippen LogP contribution in [0.3, 0.4) is 0 Å². The number of nitrogens with one attached hydrogen (secondary N) is 3. The lowest BCUT2D eigenvalue weighted by atomic mass is 10.0. The van der Waals surface area contributed by atoms with Crippen molar-refractivity contribution in [2.45, 2.75) is 6.17 Å². The fraction of sp³-hybridized carbons (Fsp3) is 0.0455. The zero-order chi connectivity index (χ0) is 20.2. The zero-order valence-corrected chi connectivity index (χ0v) is 15.2. The van der Waals surface area contributed by atoms with E-state index in [2.05, 4.69) is 20.9 Å². The highest BCUT2D eigenvalue weighted by molar-refractivity contribution is 6.19. The molecule has 1 aliphatic heterocycles. The quantitative estimate of drug-likeness (QED) is 0.638. The van der Waals surface area contributed by atoms with Crippen molar-refractivity contribution >= 4 is 29.0 Å². The maximum atomic E-state index is 13.0. The molecule has 0 aromatic heterocycles. The molecule has 0 saturated heterocycles. The molecule has 6 nitrogen and oxygen atoms in total. The molecule has 3 amide bonds. The Kier molecular flexibility index (Phi) is 5.03. The third-order valence-corrected chi connectivity index (χ3v) is 4.36. The van der Waals surface area contributed by atoms with Gasteiger partial charge in [0.2, 0.25) is 6.17 Å². The van der Waals surface area contributed by atoms with Crippen LogP contribution in [-0.4, -0.2) is 23.8 Å². The molecule has 0 fully saturated rings. The number of hydrogen-bond acceptors (Lipinski definition) is 3. The van der Waals surface area contributed by atoms with Crippen LogP contribution in [0.4, 0.5) is 20.6 Å². The number of halogens is 1. The van der Waals surface area contributed by atoms with Gasteiger partial charge in [-0.2, -0.15) is 0 Å². The van der Waals surface area contributed by atoms with Gasteiger partial charge in [-0.3, -0.25) is 4.79 Å². The third kappa shape index (κ3) is 4.14. The normalized spacial score (nSPS) is 15.4. The summed E-state index contributed by atoms with van der Waals surface area (Å²) in [5.41, 5.74) is 3.18. The van der Waals surface area contributed by atoms with E-state index in [1.165, 1.54) is 24.3 Å². The van der Waals surface area contributed by atoms with Gasteiger partial charge in [0.1, 0.15) is 5.82 Å². The van der Waals surface area contributed by atoms with E-state index in [-0.39, 0.29) is 0 Å². The van der Waals surface area contributed by atoms with Gasteiger partial charge in [-0.15, -0.1) is 0 Å². The number of benzodiazepines with no additional fused rings is 1. The maximum absolute atomic E-state index is 13.0. The van der Waals surface area contributed by atoms with E-state index in [1.54, 1.807) is 6.07 Å². The summed E-state index contributed by atoms with van der Waals surface area (Å²) in [6, 6.07) is 21.4. The van der Waals surface area contributed by atoms with Gasteiger partial charge >= 0.3 is 6.03 Å². The molecule has 1 aliphatic rings. The van der Waals surface area contributed by atoms with Gasteiger partial charge in [-0.1, -0.05) is 48.5 Å². The molecule has 3 aromatic rings. The molecule has 3 aromatic carbocycles. The smallest absolute Gasteiger partial charge is 0.321 e. The van der Waals surface area contributed by atoms with Crippen molar-refractivity contribution in [2.24, 2.45) is 4.99 Å². The number of para-hydroxylation sites is 1.